The first-order chi connectivity index (χ1) is 10.1. The van der Waals surface area contributed by atoms with E-state index in [-0.39, 0.29) is 36.1 Å². The molecule has 7 heteroatoms. The molecule has 0 aliphatic rings. The van der Waals surface area contributed by atoms with Crippen molar-refractivity contribution in [1.29, 1.82) is 0 Å². The molecule has 0 heterocycles. The standard InChI is InChI=1S/C15H24ClN3O2.HI/c1-11(10-20-4)19-15(17-3)18-9-12(2)21-14-8-6-5-7-13(14)16;/h5-8,11-12H,9-10H2,1-4H3,(H2,17,18,19);1H. The van der Waals surface area contributed by atoms with E-state index >= 15 is 0 Å². The second-order valence-corrected chi connectivity index (χ2v) is 5.22. The highest BCUT2D eigenvalue weighted by molar-refractivity contribution is 14.0. The summed E-state index contributed by atoms with van der Waals surface area (Å²) in [5.41, 5.74) is 0. The molecule has 0 amide bonds. The highest BCUT2D eigenvalue weighted by Crippen LogP contribution is 2.23. The Morgan fingerprint density at radius 1 is 1.32 bits per heavy atom. The van der Waals surface area contributed by atoms with Crippen LogP contribution in [0.1, 0.15) is 13.8 Å². The lowest BCUT2D eigenvalue weighted by atomic mass is 10.3. The topological polar surface area (TPSA) is 54.9 Å². The minimum atomic E-state index is -0.0406. The maximum Gasteiger partial charge on any atom is 0.191 e. The first-order valence-corrected chi connectivity index (χ1v) is 7.32. The van der Waals surface area contributed by atoms with E-state index in [1.165, 1.54) is 0 Å². The van der Waals surface area contributed by atoms with Gasteiger partial charge < -0.3 is 20.1 Å². The van der Waals surface area contributed by atoms with Crippen molar-refractivity contribution >= 4 is 41.5 Å². The van der Waals surface area contributed by atoms with Crippen LogP contribution in [0, 0.1) is 0 Å². The fraction of sp³-hybridized carbons (Fsp3) is 0.533. The van der Waals surface area contributed by atoms with E-state index in [0.29, 0.717) is 29.9 Å². The molecule has 0 bridgehead atoms. The minimum Gasteiger partial charge on any atom is -0.487 e. The van der Waals surface area contributed by atoms with Crippen LogP contribution in [-0.4, -0.2) is 45.4 Å². The quantitative estimate of drug-likeness (QED) is 0.388. The Balaban J connectivity index is 0.00000441. The van der Waals surface area contributed by atoms with E-state index in [1.807, 2.05) is 38.1 Å². The molecule has 1 rings (SSSR count). The number of rotatable bonds is 7. The Morgan fingerprint density at radius 3 is 2.59 bits per heavy atom. The van der Waals surface area contributed by atoms with Crippen molar-refractivity contribution in [2.75, 3.05) is 27.3 Å². The maximum absolute atomic E-state index is 6.07. The summed E-state index contributed by atoms with van der Waals surface area (Å²) in [6.07, 6.45) is -0.0406. The van der Waals surface area contributed by atoms with E-state index in [2.05, 4.69) is 15.6 Å². The van der Waals surface area contributed by atoms with Crippen LogP contribution in [-0.2, 0) is 4.74 Å². The molecule has 0 saturated heterocycles. The highest BCUT2D eigenvalue weighted by Gasteiger charge is 2.09. The molecule has 0 saturated carbocycles. The fourth-order valence-corrected chi connectivity index (χ4v) is 1.94. The fourth-order valence-electron chi connectivity index (χ4n) is 1.76. The third-order valence-electron chi connectivity index (χ3n) is 2.75. The molecular formula is C15H25ClIN3O2. The second-order valence-electron chi connectivity index (χ2n) is 4.81. The molecule has 2 N–H and O–H groups in total. The van der Waals surface area contributed by atoms with Gasteiger partial charge in [-0.3, -0.25) is 4.99 Å². The Bertz CT molecular complexity index is 460. The zero-order valence-corrected chi connectivity index (χ0v) is 16.5. The number of ether oxygens (including phenoxy) is 2. The monoisotopic (exact) mass is 441 g/mol. The molecular weight excluding hydrogens is 417 g/mol. The molecule has 0 fully saturated rings. The predicted octanol–water partition coefficient (Wildman–Crippen LogP) is 2.93. The Hall–Kier alpha value is -0.730. The van der Waals surface area contributed by atoms with Gasteiger partial charge >= 0.3 is 0 Å². The Labute approximate surface area is 154 Å². The lowest BCUT2D eigenvalue weighted by Crippen LogP contribution is -2.46. The lowest BCUT2D eigenvalue weighted by molar-refractivity contribution is 0.178. The van der Waals surface area contributed by atoms with Gasteiger partial charge in [-0.1, -0.05) is 23.7 Å². The molecule has 0 spiro atoms. The third kappa shape index (κ3) is 8.05. The van der Waals surface area contributed by atoms with Gasteiger partial charge in [0.15, 0.2) is 5.96 Å². The smallest absolute Gasteiger partial charge is 0.191 e. The zero-order valence-electron chi connectivity index (χ0n) is 13.4. The first kappa shape index (κ1) is 21.3. The number of hydrogen-bond acceptors (Lipinski definition) is 3. The first-order valence-electron chi connectivity index (χ1n) is 6.94. The van der Waals surface area contributed by atoms with Gasteiger partial charge in [-0.25, -0.2) is 0 Å². The van der Waals surface area contributed by atoms with Gasteiger partial charge in [0.25, 0.3) is 0 Å². The number of guanidine groups is 1. The van der Waals surface area contributed by atoms with Crippen LogP contribution >= 0.6 is 35.6 Å². The Morgan fingerprint density at radius 2 is 2.00 bits per heavy atom. The molecule has 0 radical (unpaired) electrons. The normalized spacial score (nSPS) is 13.8. The summed E-state index contributed by atoms with van der Waals surface area (Å²) in [4.78, 5) is 4.16. The number of hydrogen-bond donors (Lipinski definition) is 2. The molecule has 0 aliphatic heterocycles. The predicted molar refractivity (Wildman–Crippen MR) is 103 cm³/mol. The van der Waals surface area contributed by atoms with Gasteiger partial charge in [0.2, 0.25) is 0 Å². The number of nitrogens with one attached hydrogen (secondary N) is 2. The van der Waals surface area contributed by atoms with Gasteiger partial charge in [-0.05, 0) is 26.0 Å². The summed E-state index contributed by atoms with van der Waals surface area (Å²) < 4.78 is 10.9. The summed E-state index contributed by atoms with van der Waals surface area (Å²) in [6.45, 7) is 5.24. The molecule has 126 valence electrons. The van der Waals surface area contributed by atoms with Crippen LogP contribution in [0.2, 0.25) is 5.02 Å². The zero-order chi connectivity index (χ0) is 15.7. The van der Waals surface area contributed by atoms with Gasteiger partial charge in [0.1, 0.15) is 11.9 Å². The molecule has 1 aromatic carbocycles. The van der Waals surface area contributed by atoms with E-state index < -0.39 is 0 Å². The van der Waals surface area contributed by atoms with Crippen molar-refractivity contribution in [3.8, 4) is 5.75 Å². The molecule has 0 aliphatic carbocycles. The summed E-state index contributed by atoms with van der Waals surface area (Å²) >= 11 is 6.07. The van der Waals surface area contributed by atoms with E-state index in [9.17, 15) is 0 Å². The van der Waals surface area contributed by atoms with Gasteiger partial charge in [0, 0.05) is 20.2 Å². The van der Waals surface area contributed by atoms with Crippen LogP contribution < -0.4 is 15.4 Å². The van der Waals surface area contributed by atoms with Crippen molar-refractivity contribution in [2.24, 2.45) is 4.99 Å². The number of para-hydroxylation sites is 1. The number of nitrogens with zero attached hydrogens (tertiary/aromatic N) is 1. The number of halogens is 2. The van der Waals surface area contributed by atoms with Crippen molar-refractivity contribution in [3.05, 3.63) is 29.3 Å². The minimum absolute atomic E-state index is 0. The maximum atomic E-state index is 6.07. The number of methoxy groups -OCH3 is 1. The third-order valence-corrected chi connectivity index (χ3v) is 3.06. The average molecular weight is 442 g/mol. The van der Waals surface area contributed by atoms with E-state index in [0.717, 1.165) is 0 Å². The molecule has 5 nitrogen and oxygen atoms in total. The molecule has 2 atom stereocenters. The summed E-state index contributed by atoms with van der Waals surface area (Å²) in [5.74, 6) is 1.40. The summed E-state index contributed by atoms with van der Waals surface area (Å²) in [6, 6.07) is 7.62. The van der Waals surface area contributed by atoms with Crippen molar-refractivity contribution in [1.82, 2.24) is 10.6 Å². The van der Waals surface area contributed by atoms with Crippen LogP contribution in [0.25, 0.3) is 0 Å². The van der Waals surface area contributed by atoms with Crippen LogP contribution in [0.15, 0.2) is 29.3 Å². The molecule has 1 aromatic rings. The molecule has 22 heavy (non-hydrogen) atoms. The summed E-state index contributed by atoms with van der Waals surface area (Å²) in [5, 5.41) is 7.06. The second kappa shape index (κ2) is 11.8. The van der Waals surface area contributed by atoms with Crippen LogP contribution in [0.4, 0.5) is 0 Å². The van der Waals surface area contributed by atoms with Crippen molar-refractivity contribution in [3.63, 3.8) is 0 Å². The van der Waals surface area contributed by atoms with Gasteiger partial charge in [0.05, 0.1) is 18.2 Å². The van der Waals surface area contributed by atoms with Crippen LogP contribution in [0.5, 0.6) is 5.75 Å². The summed E-state index contributed by atoms with van der Waals surface area (Å²) in [7, 11) is 3.41. The molecule has 0 aromatic heterocycles. The average Bonchev–Trinajstić information content (AvgIpc) is 2.46. The van der Waals surface area contributed by atoms with Crippen LogP contribution in [0.3, 0.4) is 0 Å². The largest absolute Gasteiger partial charge is 0.487 e. The molecule has 2 unspecified atom stereocenters. The number of aliphatic imine (C=N–C) groups is 1. The van der Waals surface area contributed by atoms with Gasteiger partial charge in [-0.2, -0.15) is 0 Å². The van der Waals surface area contributed by atoms with Crippen molar-refractivity contribution in [2.45, 2.75) is 26.0 Å². The SMILES string of the molecule is CN=C(NCC(C)Oc1ccccc1Cl)NC(C)COC.I. The Kier molecular flexibility index (Phi) is 11.4. The highest BCUT2D eigenvalue weighted by atomic mass is 127. The van der Waals surface area contributed by atoms with Crippen molar-refractivity contribution < 1.29 is 9.47 Å². The van der Waals surface area contributed by atoms with E-state index in [4.69, 9.17) is 21.1 Å². The lowest BCUT2D eigenvalue weighted by Gasteiger charge is -2.20. The van der Waals surface area contributed by atoms with Gasteiger partial charge in [-0.15, -0.1) is 24.0 Å². The number of benzene rings is 1. The van der Waals surface area contributed by atoms with E-state index in [1.54, 1.807) is 14.2 Å².